The zero-order valence-electron chi connectivity index (χ0n) is 11.9. The Morgan fingerprint density at radius 3 is 3.00 bits per heavy atom. The number of amides is 2. The van der Waals surface area contributed by atoms with Crippen molar-refractivity contribution < 1.29 is 9.59 Å². The molecule has 0 unspecified atom stereocenters. The Labute approximate surface area is 122 Å². The Morgan fingerprint density at radius 1 is 1.43 bits per heavy atom. The second kappa shape index (κ2) is 5.55. The third-order valence-electron chi connectivity index (χ3n) is 3.83. The van der Waals surface area contributed by atoms with Gasteiger partial charge in [-0.15, -0.1) is 0 Å². The van der Waals surface area contributed by atoms with Gasteiger partial charge in [-0.1, -0.05) is 0 Å². The number of likely N-dealkylation sites (tertiary alicyclic amines) is 1. The van der Waals surface area contributed by atoms with Crippen LogP contribution >= 0.6 is 0 Å². The van der Waals surface area contributed by atoms with Crippen molar-refractivity contribution in [3.05, 3.63) is 30.2 Å². The largest absolute Gasteiger partial charge is 0.360 e. The monoisotopic (exact) mass is 286 g/mol. The summed E-state index contributed by atoms with van der Waals surface area (Å²) >= 11 is 0. The molecule has 2 aromatic rings. The molecule has 3 rings (SSSR count). The zero-order valence-corrected chi connectivity index (χ0v) is 11.9. The summed E-state index contributed by atoms with van der Waals surface area (Å²) in [6, 6.07) is 4.02. The maximum Gasteiger partial charge on any atom is 0.241 e. The predicted octanol–water partition coefficient (Wildman–Crippen LogP) is 0.700. The highest BCUT2D eigenvalue weighted by Crippen LogP contribution is 2.23. The van der Waals surface area contributed by atoms with E-state index in [1.165, 1.54) is 6.92 Å². The number of nitrogens with one attached hydrogen (secondary N) is 2. The van der Waals surface area contributed by atoms with Crippen LogP contribution in [0.15, 0.2) is 24.5 Å². The fourth-order valence-corrected chi connectivity index (χ4v) is 2.69. The van der Waals surface area contributed by atoms with Crippen molar-refractivity contribution in [3.63, 3.8) is 0 Å². The van der Waals surface area contributed by atoms with E-state index in [1.807, 2.05) is 24.5 Å². The second-order valence-electron chi connectivity index (χ2n) is 5.48. The second-order valence-corrected chi connectivity index (χ2v) is 5.48. The summed E-state index contributed by atoms with van der Waals surface area (Å²) in [5, 5.41) is 3.70. The first kappa shape index (κ1) is 13.6. The van der Waals surface area contributed by atoms with E-state index < -0.39 is 0 Å². The van der Waals surface area contributed by atoms with Crippen LogP contribution in [0.2, 0.25) is 0 Å². The number of aromatic nitrogens is 2. The van der Waals surface area contributed by atoms with E-state index in [0.29, 0.717) is 5.92 Å². The summed E-state index contributed by atoms with van der Waals surface area (Å²) in [6.07, 6.45) is 4.60. The molecule has 110 valence electrons. The fraction of sp³-hybridized carbons (Fsp3) is 0.400. The lowest BCUT2D eigenvalue weighted by molar-refractivity contribution is -0.138. The Bertz CT molecular complexity index is 673. The van der Waals surface area contributed by atoms with Gasteiger partial charge < -0.3 is 15.2 Å². The quantitative estimate of drug-likeness (QED) is 0.868. The highest BCUT2D eigenvalue weighted by atomic mass is 16.2. The smallest absolute Gasteiger partial charge is 0.241 e. The first-order chi connectivity index (χ1) is 10.1. The number of hydrogen-bond acceptors (Lipinski definition) is 3. The van der Waals surface area contributed by atoms with Crippen molar-refractivity contribution >= 4 is 22.7 Å². The minimum absolute atomic E-state index is 0.0208. The van der Waals surface area contributed by atoms with Crippen LogP contribution in [0, 0.1) is 5.92 Å². The van der Waals surface area contributed by atoms with Crippen molar-refractivity contribution in [2.75, 3.05) is 19.6 Å². The molecule has 6 heteroatoms. The molecule has 0 bridgehead atoms. The van der Waals surface area contributed by atoms with Gasteiger partial charge in [0.05, 0.1) is 17.8 Å². The minimum Gasteiger partial charge on any atom is -0.360 e. The average molecular weight is 286 g/mol. The molecule has 0 aliphatic carbocycles. The van der Waals surface area contributed by atoms with Crippen molar-refractivity contribution in [3.8, 4) is 0 Å². The summed E-state index contributed by atoms with van der Waals surface area (Å²) in [7, 11) is 0. The predicted molar refractivity (Wildman–Crippen MR) is 78.6 cm³/mol. The maximum atomic E-state index is 11.8. The van der Waals surface area contributed by atoms with Crippen LogP contribution in [0.25, 0.3) is 10.9 Å². The molecule has 1 fully saturated rings. The van der Waals surface area contributed by atoms with E-state index in [1.54, 1.807) is 4.90 Å². The van der Waals surface area contributed by atoms with Gasteiger partial charge in [0.15, 0.2) is 0 Å². The van der Waals surface area contributed by atoms with Crippen LogP contribution in [0.5, 0.6) is 0 Å². The third kappa shape index (κ3) is 2.89. The summed E-state index contributed by atoms with van der Waals surface area (Å²) in [4.78, 5) is 32.0. The third-order valence-corrected chi connectivity index (χ3v) is 3.83. The maximum absolute atomic E-state index is 11.8. The van der Waals surface area contributed by atoms with Crippen molar-refractivity contribution in [1.82, 2.24) is 20.2 Å². The molecule has 2 amide bonds. The van der Waals surface area contributed by atoms with Crippen LogP contribution in [0.4, 0.5) is 0 Å². The van der Waals surface area contributed by atoms with Gasteiger partial charge in [-0.05, 0) is 24.5 Å². The van der Waals surface area contributed by atoms with E-state index in [2.05, 4.69) is 15.3 Å². The molecule has 3 heterocycles. The Hall–Kier alpha value is -2.37. The number of carbonyl (C=O) groups is 2. The SMILES string of the molecule is CC(=O)NCC(=O)N1CC(Cc2nccc3cc[nH]c23)C1. The summed E-state index contributed by atoms with van der Waals surface area (Å²) in [6.45, 7) is 2.97. The van der Waals surface area contributed by atoms with Gasteiger partial charge in [0.1, 0.15) is 0 Å². The van der Waals surface area contributed by atoms with Gasteiger partial charge in [-0.25, -0.2) is 0 Å². The fourth-order valence-electron chi connectivity index (χ4n) is 2.69. The van der Waals surface area contributed by atoms with Gasteiger partial charge in [0, 0.05) is 37.8 Å². The van der Waals surface area contributed by atoms with Crippen molar-refractivity contribution in [2.24, 2.45) is 5.92 Å². The number of pyridine rings is 1. The van der Waals surface area contributed by atoms with Crippen LogP contribution in [-0.2, 0) is 16.0 Å². The number of H-pyrrole nitrogens is 1. The van der Waals surface area contributed by atoms with Crippen LogP contribution < -0.4 is 5.32 Å². The molecular weight excluding hydrogens is 268 g/mol. The molecule has 0 radical (unpaired) electrons. The van der Waals surface area contributed by atoms with Crippen LogP contribution in [0.3, 0.4) is 0 Å². The van der Waals surface area contributed by atoms with Crippen LogP contribution in [-0.4, -0.2) is 46.3 Å². The molecule has 0 atom stereocenters. The van der Waals surface area contributed by atoms with E-state index >= 15 is 0 Å². The van der Waals surface area contributed by atoms with Crippen LogP contribution in [0.1, 0.15) is 12.6 Å². The summed E-state index contributed by atoms with van der Waals surface area (Å²) < 4.78 is 0. The molecule has 0 spiro atoms. The number of aromatic amines is 1. The number of carbonyl (C=O) groups excluding carboxylic acids is 2. The molecule has 1 aliphatic heterocycles. The number of nitrogens with zero attached hydrogens (tertiary/aromatic N) is 2. The lowest BCUT2D eigenvalue weighted by atomic mass is 9.93. The van der Waals surface area contributed by atoms with Gasteiger partial charge in [0.2, 0.25) is 11.8 Å². The van der Waals surface area contributed by atoms with Gasteiger partial charge >= 0.3 is 0 Å². The normalized spacial score (nSPS) is 15.0. The molecule has 0 saturated carbocycles. The molecule has 6 nitrogen and oxygen atoms in total. The van der Waals surface area contributed by atoms with E-state index in [9.17, 15) is 9.59 Å². The molecule has 0 aromatic carbocycles. The van der Waals surface area contributed by atoms with Gasteiger partial charge in [-0.2, -0.15) is 0 Å². The molecule has 2 aromatic heterocycles. The van der Waals surface area contributed by atoms with Crippen molar-refractivity contribution in [2.45, 2.75) is 13.3 Å². The number of fused-ring (bicyclic) bond motifs is 1. The Kier molecular flexibility index (Phi) is 3.60. The van der Waals surface area contributed by atoms with E-state index in [-0.39, 0.29) is 18.4 Å². The first-order valence-corrected chi connectivity index (χ1v) is 7.06. The topological polar surface area (TPSA) is 78.1 Å². The Balaban J connectivity index is 1.54. The highest BCUT2D eigenvalue weighted by Gasteiger charge is 2.31. The number of rotatable bonds is 4. The standard InChI is InChI=1S/C15H18N4O2/c1-10(20)18-7-14(21)19-8-11(9-19)6-13-15-12(2-4-16-13)3-5-17-15/h2-5,11,17H,6-9H2,1H3,(H,18,20). The number of hydrogen-bond donors (Lipinski definition) is 2. The zero-order chi connectivity index (χ0) is 14.8. The molecule has 1 aliphatic rings. The first-order valence-electron chi connectivity index (χ1n) is 7.06. The van der Waals surface area contributed by atoms with E-state index in [0.717, 1.165) is 36.1 Å². The van der Waals surface area contributed by atoms with Gasteiger partial charge in [-0.3, -0.25) is 14.6 Å². The minimum atomic E-state index is -0.178. The lowest BCUT2D eigenvalue weighted by Gasteiger charge is -2.39. The van der Waals surface area contributed by atoms with E-state index in [4.69, 9.17) is 0 Å². The molecular formula is C15H18N4O2. The summed E-state index contributed by atoms with van der Waals surface area (Å²) in [5.74, 6) is 0.239. The molecule has 21 heavy (non-hydrogen) atoms. The van der Waals surface area contributed by atoms with Crippen molar-refractivity contribution in [1.29, 1.82) is 0 Å². The molecule has 2 N–H and O–H groups in total. The summed E-state index contributed by atoms with van der Waals surface area (Å²) in [5.41, 5.74) is 2.14. The highest BCUT2D eigenvalue weighted by molar-refractivity contribution is 5.84. The molecule has 1 saturated heterocycles. The average Bonchev–Trinajstić information content (AvgIpc) is 2.88. The lowest BCUT2D eigenvalue weighted by Crippen LogP contribution is -2.53. The Morgan fingerprint density at radius 2 is 2.24 bits per heavy atom. The van der Waals surface area contributed by atoms with Gasteiger partial charge in [0.25, 0.3) is 0 Å².